The predicted octanol–water partition coefficient (Wildman–Crippen LogP) is 1.40. The van der Waals surface area contributed by atoms with Crippen molar-refractivity contribution >= 4 is 24.0 Å². The Balaban J connectivity index is 1.56. The Kier molecular flexibility index (Phi) is 5.19. The first kappa shape index (κ1) is 19.9. The molecule has 9 nitrogen and oxygen atoms in total. The molecule has 30 heavy (non-hydrogen) atoms. The van der Waals surface area contributed by atoms with Gasteiger partial charge < -0.3 is 18.9 Å². The summed E-state index contributed by atoms with van der Waals surface area (Å²) in [5, 5.41) is 5.13. The normalized spacial score (nSPS) is 26.4. The van der Waals surface area contributed by atoms with Gasteiger partial charge in [0.1, 0.15) is 0 Å². The molecule has 1 aromatic carbocycles. The zero-order valence-corrected chi connectivity index (χ0v) is 16.9. The molecule has 0 aromatic heterocycles. The van der Waals surface area contributed by atoms with E-state index < -0.39 is 5.97 Å². The fourth-order valence-electron chi connectivity index (χ4n) is 4.43. The molecule has 0 spiro atoms. The van der Waals surface area contributed by atoms with Gasteiger partial charge in [0.05, 0.1) is 39.4 Å². The summed E-state index contributed by atoms with van der Waals surface area (Å²) < 4.78 is 20.7. The van der Waals surface area contributed by atoms with Crippen molar-refractivity contribution in [2.45, 2.75) is 6.42 Å². The monoisotopic (exact) mass is 414 g/mol. The molecule has 2 bridgehead atoms. The van der Waals surface area contributed by atoms with Gasteiger partial charge in [0.25, 0.3) is 11.8 Å². The number of rotatable bonds is 7. The lowest BCUT2D eigenvalue weighted by Gasteiger charge is -2.15. The molecule has 2 aliphatic carbocycles. The van der Waals surface area contributed by atoms with E-state index in [-0.39, 0.29) is 47.8 Å². The number of hydrogen-bond donors (Lipinski definition) is 0. The third-order valence-electron chi connectivity index (χ3n) is 5.81. The van der Waals surface area contributed by atoms with Crippen molar-refractivity contribution in [1.82, 2.24) is 5.01 Å². The first-order valence-electron chi connectivity index (χ1n) is 9.54. The third kappa shape index (κ3) is 3.20. The summed E-state index contributed by atoms with van der Waals surface area (Å²) in [4.78, 5) is 36.8. The van der Waals surface area contributed by atoms with Crippen molar-refractivity contribution in [2.75, 3.05) is 27.9 Å². The smallest absolute Gasteiger partial charge is 0.343 e. The molecular weight excluding hydrogens is 392 g/mol. The quantitative estimate of drug-likeness (QED) is 0.287. The highest BCUT2D eigenvalue weighted by molar-refractivity contribution is 6.06. The predicted molar refractivity (Wildman–Crippen MR) is 104 cm³/mol. The van der Waals surface area contributed by atoms with Crippen LogP contribution in [0.2, 0.25) is 0 Å². The van der Waals surface area contributed by atoms with Gasteiger partial charge in [-0.05, 0) is 30.4 Å². The van der Waals surface area contributed by atoms with Gasteiger partial charge in [0.15, 0.2) is 18.1 Å². The lowest BCUT2D eigenvalue weighted by Crippen LogP contribution is -2.28. The van der Waals surface area contributed by atoms with Gasteiger partial charge in [0, 0.05) is 5.56 Å². The molecular formula is C21H22N2O7. The van der Waals surface area contributed by atoms with Crippen LogP contribution < -0.4 is 14.2 Å². The summed E-state index contributed by atoms with van der Waals surface area (Å²) in [5.41, 5.74) is 0.535. The molecule has 2 fully saturated rings. The van der Waals surface area contributed by atoms with Gasteiger partial charge in [-0.2, -0.15) is 10.1 Å². The number of hydrogen-bond acceptors (Lipinski definition) is 8. The Hall–Kier alpha value is -3.36. The zero-order chi connectivity index (χ0) is 21.4. The summed E-state index contributed by atoms with van der Waals surface area (Å²) >= 11 is 0. The molecule has 1 saturated carbocycles. The standard InChI is InChI=1S/C21H22N2O7/c1-27-14-6-11(7-15(28-2)19(14)30-10-16(24)29-3)9-22-23-20(25)17-12-4-5-13(8-12)18(17)21(23)26/h4-7,9,12-13,17-18H,8,10H2,1-3H3. The molecule has 4 unspecified atom stereocenters. The summed E-state index contributed by atoms with van der Waals surface area (Å²) in [6, 6.07) is 3.21. The number of nitrogens with zero attached hydrogens (tertiary/aromatic N) is 2. The number of benzene rings is 1. The van der Waals surface area contributed by atoms with Crippen LogP contribution in [0.15, 0.2) is 29.4 Å². The van der Waals surface area contributed by atoms with Crippen molar-refractivity contribution in [2.24, 2.45) is 28.8 Å². The SMILES string of the molecule is COC(=O)COc1c(OC)cc(C=NN2C(=O)C3C4C=CC(C4)C3C2=O)cc1OC. The highest BCUT2D eigenvalue weighted by Crippen LogP contribution is 2.52. The van der Waals surface area contributed by atoms with Crippen molar-refractivity contribution in [1.29, 1.82) is 0 Å². The van der Waals surface area contributed by atoms with Crippen molar-refractivity contribution in [3.05, 3.63) is 29.8 Å². The van der Waals surface area contributed by atoms with Crippen LogP contribution in [-0.2, 0) is 19.1 Å². The lowest BCUT2D eigenvalue weighted by molar-refractivity contribution is -0.143. The number of ether oxygens (including phenoxy) is 4. The van der Waals surface area contributed by atoms with E-state index in [0.717, 1.165) is 11.4 Å². The minimum atomic E-state index is -0.551. The molecule has 3 aliphatic rings. The molecule has 1 aliphatic heterocycles. The Morgan fingerprint density at radius 3 is 2.13 bits per heavy atom. The second-order valence-electron chi connectivity index (χ2n) is 7.35. The Labute approximate surface area is 173 Å². The Morgan fingerprint density at radius 2 is 1.63 bits per heavy atom. The minimum absolute atomic E-state index is 0.128. The number of carbonyl (C=O) groups is 3. The van der Waals surface area contributed by atoms with E-state index in [1.807, 2.05) is 12.2 Å². The van der Waals surface area contributed by atoms with Crippen LogP contribution in [0.1, 0.15) is 12.0 Å². The average molecular weight is 414 g/mol. The molecule has 158 valence electrons. The number of amides is 2. The van der Waals surface area contributed by atoms with E-state index in [9.17, 15) is 14.4 Å². The van der Waals surface area contributed by atoms with Crippen molar-refractivity contribution in [3.8, 4) is 17.2 Å². The van der Waals surface area contributed by atoms with Crippen LogP contribution in [0.3, 0.4) is 0 Å². The molecule has 0 radical (unpaired) electrons. The molecule has 1 heterocycles. The minimum Gasteiger partial charge on any atom is -0.493 e. The number of fused-ring (bicyclic) bond motifs is 5. The summed E-state index contributed by atoms with van der Waals surface area (Å²) in [7, 11) is 4.15. The van der Waals surface area contributed by atoms with Crippen molar-refractivity contribution in [3.63, 3.8) is 0 Å². The van der Waals surface area contributed by atoms with Crippen LogP contribution in [0, 0.1) is 23.7 Å². The van der Waals surface area contributed by atoms with Gasteiger partial charge in [-0.3, -0.25) is 9.59 Å². The summed E-state index contributed by atoms with van der Waals surface area (Å²) in [5.74, 6) is -0.574. The second kappa shape index (κ2) is 7.81. The van der Waals surface area contributed by atoms with Gasteiger partial charge in [-0.15, -0.1) is 0 Å². The van der Waals surface area contributed by atoms with Gasteiger partial charge in [0.2, 0.25) is 5.75 Å². The highest BCUT2D eigenvalue weighted by atomic mass is 16.6. The van der Waals surface area contributed by atoms with Gasteiger partial charge in [-0.1, -0.05) is 12.2 Å². The molecule has 2 amide bonds. The highest BCUT2D eigenvalue weighted by Gasteiger charge is 2.59. The molecule has 4 rings (SSSR count). The molecule has 4 atom stereocenters. The maximum atomic E-state index is 12.7. The number of imide groups is 1. The first-order chi connectivity index (χ1) is 14.5. The van der Waals surface area contributed by atoms with E-state index in [0.29, 0.717) is 17.1 Å². The van der Waals surface area contributed by atoms with E-state index >= 15 is 0 Å². The fraction of sp³-hybridized carbons (Fsp3) is 0.429. The first-order valence-corrected chi connectivity index (χ1v) is 9.54. The van der Waals surface area contributed by atoms with Crippen LogP contribution in [0.5, 0.6) is 17.2 Å². The Bertz CT molecular complexity index is 900. The largest absolute Gasteiger partial charge is 0.493 e. The van der Waals surface area contributed by atoms with E-state index in [1.165, 1.54) is 27.5 Å². The van der Waals surface area contributed by atoms with E-state index in [2.05, 4.69) is 9.84 Å². The third-order valence-corrected chi connectivity index (χ3v) is 5.81. The van der Waals surface area contributed by atoms with E-state index in [1.54, 1.807) is 12.1 Å². The molecule has 1 aromatic rings. The maximum absolute atomic E-state index is 12.7. The van der Waals surface area contributed by atoms with Gasteiger partial charge >= 0.3 is 5.97 Å². The second-order valence-corrected chi connectivity index (χ2v) is 7.35. The average Bonchev–Trinajstić information content (AvgIpc) is 3.44. The number of esters is 1. The lowest BCUT2D eigenvalue weighted by atomic mass is 9.85. The number of methoxy groups -OCH3 is 3. The summed E-state index contributed by atoms with van der Waals surface area (Å²) in [6.45, 7) is -0.313. The molecule has 9 heteroatoms. The van der Waals surface area contributed by atoms with Gasteiger partial charge in [-0.25, -0.2) is 4.79 Å². The number of carbonyl (C=O) groups excluding carboxylic acids is 3. The number of allylic oxidation sites excluding steroid dienone is 2. The van der Waals surface area contributed by atoms with E-state index in [4.69, 9.17) is 14.2 Å². The van der Waals surface area contributed by atoms with Crippen LogP contribution in [0.4, 0.5) is 0 Å². The molecule has 1 saturated heterocycles. The van der Waals surface area contributed by atoms with Crippen molar-refractivity contribution < 1.29 is 33.3 Å². The maximum Gasteiger partial charge on any atom is 0.343 e. The van der Waals surface area contributed by atoms with Crippen LogP contribution in [-0.4, -0.2) is 56.9 Å². The number of hydrazone groups is 1. The summed E-state index contributed by atoms with van der Waals surface area (Å²) in [6.07, 6.45) is 6.34. The zero-order valence-electron chi connectivity index (χ0n) is 16.9. The van der Waals surface area contributed by atoms with Crippen LogP contribution in [0.25, 0.3) is 0 Å². The van der Waals surface area contributed by atoms with Crippen LogP contribution >= 0.6 is 0 Å². The fourth-order valence-corrected chi connectivity index (χ4v) is 4.43. The molecule has 0 N–H and O–H groups in total. The topological polar surface area (TPSA) is 104 Å². The Morgan fingerprint density at radius 1 is 1.07 bits per heavy atom.